The van der Waals surface area contributed by atoms with E-state index < -0.39 is 27.4 Å². The van der Waals surface area contributed by atoms with Crippen LogP contribution in [-0.4, -0.2) is 42.3 Å². The zero-order valence-corrected chi connectivity index (χ0v) is 20.2. The molecule has 8 nitrogen and oxygen atoms in total. The molecule has 0 saturated heterocycles. The number of sulfone groups is 1. The molecule has 2 heterocycles. The molecule has 0 aliphatic rings. The minimum absolute atomic E-state index is 0.0337. The van der Waals surface area contributed by atoms with Gasteiger partial charge in [0.1, 0.15) is 17.3 Å². The van der Waals surface area contributed by atoms with Crippen molar-refractivity contribution in [1.29, 1.82) is 0 Å². The Balaban J connectivity index is 1.77. The van der Waals surface area contributed by atoms with Crippen LogP contribution in [0.25, 0.3) is 22.0 Å². The highest BCUT2D eigenvalue weighted by atomic mass is 32.2. The number of carboxylic acids is 1. The van der Waals surface area contributed by atoms with Crippen LogP contribution >= 0.6 is 0 Å². The fraction of sp³-hybridized carbons (Fsp3) is 0.240. The average Bonchev–Trinajstić information content (AvgIpc) is 3.38. The van der Waals surface area contributed by atoms with Crippen molar-refractivity contribution < 1.29 is 22.7 Å². The van der Waals surface area contributed by atoms with Crippen LogP contribution in [0, 0.1) is 5.82 Å². The summed E-state index contributed by atoms with van der Waals surface area (Å²) in [7, 11) is -3.42. The van der Waals surface area contributed by atoms with Gasteiger partial charge in [0.2, 0.25) is 0 Å². The number of hydrogen-bond donors (Lipinski definition) is 5. The number of rotatable bonds is 9. The molecule has 6 N–H and O–H groups in total. The quantitative estimate of drug-likeness (QED) is 0.234. The zero-order chi connectivity index (χ0) is 25.3. The molecule has 184 valence electrons. The van der Waals surface area contributed by atoms with Gasteiger partial charge in [0.25, 0.3) is 0 Å². The van der Waals surface area contributed by atoms with E-state index in [1.165, 1.54) is 12.1 Å². The largest absolute Gasteiger partial charge is 0.477 e. The lowest BCUT2D eigenvalue weighted by Gasteiger charge is -2.15. The molecular formula is C25H27FN4O4S. The Morgan fingerprint density at radius 3 is 2.60 bits per heavy atom. The fourth-order valence-electron chi connectivity index (χ4n) is 4.30. The molecule has 35 heavy (non-hydrogen) atoms. The molecule has 0 aliphatic carbocycles. The van der Waals surface area contributed by atoms with Gasteiger partial charge in [-0.2, -0.15) is 0 Å². The number of benzene rings is 2. The molecule has 0 amide bonds. The summed E-state index contributed by atoms with van der Waals surface area (Å²) in [5.74, 6) is -1.51. The van der Waals surface area contributed by atoms with Gasteiger partial charge in [0.15, 0.2) is 9.84 Å². The zero-order valence-electron chi connectivity index (χ0n) is 19.4. The molecule has 4 rings (SSSR count). The number of para-hydroxylation sites is 1. The molecule has 1 atom stereocenters. The molecule has 4 aromatic rings. The van der Waals surface area contributed by atoms with Crippen molar-refractivity contribution >= 4 is 32.5 Å². The molecule has 0 saturated carbocycles. The Hall–Kier alpha value is -3.63. The maximum atomic E-state index is 14.8. The van der Waals surface area contributed by atoms with Gasteiger partial charge in [-0.3, -0.25) is 0 Å². The maximum Gasteiger partial charge on any atom is 0.352 e. The summed E-state index contributed by atoms with van der Waals surface area (Å²) >= 11 is 0. The summed E-state index contributed by atoms with van der Waals surface area (Å²) in [6.07, 6.45) is 1.76. The molecule has 2 aromatic carbocycles. The normalized spacial score (nSPS) is 12.7. The molecule has 0 radical (unpaired) electrons. The van der Waals surface area contributed by atoms with E-state index >= 15 is 0 Å². The van der Waals surface area contributed by atoms with Crippen LogP contribution in [0.15, 0.2) is 48.5 Å². The van der Waals surface area contributed by atoms with Crippen molar-refractivity contribution in [3.05, 3.63) is 76.9 Å². The Kier molecular flexibility index (Phi) is 6.68. The van der Waals surface area contributed by atoms with Gasteiger partial charge in [0.05, 0.1) is 17.3 Å². The van der Waals surface area contributed by atoms with E-state index in [1.54, 1.807) is 12.1 Å². The summed E-state index contributed by atoms with van der Waals surface area (Å²) in [6.45, 7) is 2.49. The molecule has 10 heteroatoms. The second kappa shape index (κ2) is 9.55. The molecule has 0 spiro atoms. The van der Waals surface area contributed by atoms with Crippen LogP contribution in [0.5, 0.6) is 0 Å². The van der Waals surface area contributed by atoms with Crippen LogP contribution in [0.2, 0.25) is 0 Å². The molecule has 0 bridgehead atoms. The number of fused-ring (bicyclic) bond motifs is 1. The van der Waals surface area contributed by atoms with E-state index in [1.807, 2.05) is 31.2 Å². The number of hydrogen-bond acceptors (Lipinski definition) is 5. The van der Waals surface area contributed by atoms with Crippen LogP contribution in [0.1, 0.15) is 40.3 Å². The summed E-state index contributed by atoms with van der Waals surface area (Å²) in [6, 6.07) is 13.3. The number of aromatic amines is 2. The number of nitrogens with two attached hydrogens (primary N) is 1. The van der Waals surface area contributed by atoms with Gasteiger partial charge in [-0.15, -0.1) is 0 Å². The highest BCUT2D eigenvalue weighted by Gasteiger charge is 2.23. The third kappa shape index (κ3) is 5.23. The van der Waals surface area contributed by atoms with Crippen LogP contribution in [0.4, 0.5) is 10.2 Å². The topological polar surface area (TPSA) is 141 Å². The first-order valence-corrected chi connectivity index (χ1v) is 13.1. The van der Waals surface area contributed by atoms with Crippen molar-refractivity contribution in [3.8, 4) is 11.1 Å². The van der Waals surface area contributed by atoms with Crippen LogP contribution < -0.4 is 11.1 Å². The van der Waals surface area contributed by atoms with Crippen molar-refractivity contribution in [3.63, 3.8) is 0 Å². The van der Waals surface area contributed by atoms with Crippen molar-refractivity contribution in [2.75, 3.05) is 18.1 Å². The van der Waals surface area contributed by atoms with E-state index in [4.69, 9.17) is 5.73 Å². The number of aromatic nitrogens is 2. The molecule has 2 aromatic heterocycles. The van der Waals surface area contributed by atoms with Crippen LogP contribution in [-0.2, 0) is 22.0 Å². The van der Waals surface area contributed by atoms with E-state index in [-0.39, 0.29) is 17.3 Å². The second-order valence-corrected chi connectivity index (χ2v) is 10.8. The molecular weight excluding hydrogens is 471 g/mol. The number of carbonyl (C=O) groups is 1. The van der Waals surface area contributed by atoms with E-state index in [0.717, 1.165) is 29.8 Å². The maximum absolute atomic E-state index is 14.8. The first-order valence-electron chi connectivity index (χ1n) is 11.1. The Bertz CT molecular complexity index is 1510. The number of H-pyrrole nitrogens is 2. The molecule has 1 unspecified atom stereocenters. The monoisotopic (exact) mass is 498 g/mol. The van der Waals surface area contributed by atoms with Gasteiger partial charge in [0, 0.05) is 28.5 Å². The predicted octanol–water partition coefficient (Wildman–Crippen LogP) is 4.22. The highest BCUT2D eigenvalue weighted by molar-refractivity contribution is 7.89. The van der Waals surface area contributed by atoms with Crippen molar-refractivity contribution in [1.82, 2.24) is 9.97 Å². The number of anilines is 1. The standard InChI is InChI=1S/C25H27FN4O4S/c1-14(28-21-9-8-17(29-21)10-11-27)18-4-3-5-19-22(24(25(31)32)30-23(18)19)15-6-7-16(20(26)12-15)13-35(2,33)34/h3-9,12,14,28-30H,10-11,13,27H2,1-2H3,(H,31,32). The fourth-order valence-corrected chi connectivity index (χ4v) is 5.10. The minimum atomic E-state index is -3.42. The summed E-state index contributed by atoms with van der Waals surface area (Å²) in [5.41, 5.74) is 8.73. The Labute approximate surface area is 202 Å². The number of halogens is 1. The van der Waals surface area contributed by atoms with Gasteiger partial charge >= 0.3 is 5.97 Å². The second-order valence-electron chi connectivity index (χ2n) is 8.63. The van der Waals surface area contributed by atoms with E-state index in [9.17, 15) is 22.7 Å². The lowest BCUT2D eigenvalue weighted by atomic mass is 9.98. The number of nitrogens with one attached hydrogen (secondary N) is 3. The van der Waals surface area contributed by atoms with Crippen LogP contribution in [0.3, 0.4) is 0 Å². The Morgan fingerprint density at radius 1 is 1.17 bits per heavy atom. The first-order chi connectivity index (χ1) is 16.6. The average molecular weight is 499 g/mol. The van der Waals surface area contributed by atoms with E-state index in [0.29, 0.717) is 28.6 Å². The predicted molar refractivity (Wildman–Crippen MR) is 135 cm³/mol. The number of carboxylic acid groups (broad SMARTS) is 1. The Morgan fingerprint density at radius 2 is 1.94 bits per heavy atom. The summed E-state index contributed by atoms with van der Waals surface area (Å²) in [5, 5.41) is 13.9. The molecule has 0 aliphatic heterocycles. The third-order valence-electron chi connectivity index (χ3n) is 5.84. The third-order valence-corrected chi connectivity index (χ3v) is 6.67. The summed E-state index contributed by atoms with van der Waals surface area (Å²) < 4.78 is 37.9. The lowest BCUT2D eigenvalue weighted by molar-refractivity contribution is 0.0692. The minimum Gasteiger partial charge on any atom is -0.477 e. The van der Waals surface area contributed by atoms with Crippen molar-refractivity contribution in [2.24, 2.45) is 5.73 Å². The van der Waals surface area contributed by atoms with Gasteiger partial charge in [-0.05, 0) is 49.2 Å². The first kappa shape index (κ1) is 24.5. The summed E-state index contributed by atoms with van der Waals surface area (Å²) in [4.78, 5) is 18.4. The molecule has 0 fully saturated rings. The van der Waals surface area contributed by atoms with Gasteiger partial charge in [-0.1, -0.05) is 30.3 Å². The highest BCUT2D eigenvalue weighted by Crippen LogP contribution is 2.37. The smallest absolute Gasteiger partial charge is 0.352 e. The lowest BCUT2D eigenvalue weighted by Crippen LogP contribution is -2.08. The number of aromatic carboxylic acids is 1. The van der Waals surface area contributed by atoms with Gasteiger partial charge < -0.3 is 26.1 Å². The SMILES string of the molecule is CC(Nc1ccc(CCN)[nH]1)c1cccc2c(-c3ccc(CS(C)(=O)=O)c(F)c3)c(C(=O)O)[nH]c12. The van der Waals surface area contributed by atoms with Crippen molar-refractivity contribution in [2.45, 2.75) is 25.1 Å². The van der Waals surface area contributed by atoms with E-state index in [2.05, 4.69) is 15.3 Å². The van der Waals surface area contributed by atoms with Gasteiger partial charge in [-0.25, -0.2) is 17.6 Å².